The van der Waals surface area contributed by atoms with Crippen molar-refractivity contribution in [2.75, 3.05) is 13.1 Å². The van der Waals surface area contributed by atoms with Crippen LogP contribution in [0.5, 0.6) is 0 Å². The van der Waals surface area contributed by atoms with Gasteiger partial charge in [-0.3, -0.25) is 4.79 Å². The van der Waals surface area contributed by atoms with Crippen molar-refractivity contribution in [1.29, 1.82) is 0 Å². The van der Waals surface area contributed by atoms with Crippen molar-refractivity contribution in [3.63, 3.8) is 0 Å². The molecule has 5 heteroatoms. The van der Waals surface area contributed by atoms with Crippen molar-refractivity contribution >= 4 is 5.91 Å². The van der Waals surface area contributed by atoms with Crippen molar-refractivity contribution in [2.45, 2.75) is 18.9 Å². The minimum atomic E-state index is -0.172. The number of hydrogen-bond donors (Lipinski definition) is 2. The average molecular weight is 195 g/mol. The van der Waals surface area contributed by atoms with Crippen molar-refractivity contribution < 1.29 is 9.32 Å². The molecule has 0 saturated carbocycles. The Morgan fingerprint density at radius 3 is 3.00 bits per heavy atom. The smallest absolute Gasteiger partial charge is 0.290 e. The van der Waals surface area contributed by atoms with E-state index in [-0.39, 0.29) is 17.7 Å². The first kappa shape index (κ1) is 9.21. The molecule has 1 fully saturated rings. The molecule has 0 radical (unpaired) electrons. The summed E-state index contributed by atoms with van der Waals surface area (Å²) in [5.74, 6) is 0.109. The molecule has 1 aromatic heterocycles. The number of carbonyl (C=O) groups is 1. The van der Waals surface area contributed by atoms with Crippen LogP contribution in [0.1, 0.15) is 23.4 Å². The van der Waals surface area contributed by atoms with Crippen LogP contribution in [-0.4, -0.2) is 30.2 Å². The van der Waals surface area contributed by atoms with E-state index in [1.807, 2.05) is 0 Å². The summed E-state index contributed by atoms with van der Waals surface area (Å²) in [6.45, 7) is 1.92. The molecule has 0 aliphatic carbocycles. The number of piperidine rings is 1. The van der Waals surface area contributed by atoms with Crippen LogP contribution in [0.25, 0.3) is 0 Å². The van der Waals surface area contributed by atoms with Gasteiger partial charge in [0, 0.05) is 12.1 Å². The lowest BCUT2D eigenvalue weighted by Crippen LogP contribution is -2.42. The van der Waals surface area contributed by atoms with Gasteiger partial charge in [-0.25, -0.2) is 0 Å². The Morgan fingerprint density at radius 1 is 1.57 bits per heavy atom. The molecule has 2 rings (SSSR count). The van der Waals surface area contributed by atoms with Crippen LogP contribution in [0.4, 0.5) is 0 Å². The Hall–Kier alpha value is -1.36. The van der Waals surface area contributed by atoms with Gasteiger partial charge >= 0.3 is 0 Å². The molecule has 14 heavy (non-hydrogen) atoms. The number of nitrogens with zero attached hydrogens (tertiary/aromatic N) is 1. The Morgan fingerprint density at radius 2 is 2.36 bits per heavy atom. The molecule has 1 aliphatic heterocycles. The van der Waals surface area contributed by atoms with Crippen LogP contribution in [0.15, 0.2) is 16.8 Å². The summed E-state index contributed by atoms with van der Waals surface area (Å²) in [6, 6.07) is 1.82. The molecule has 1 saturated heterocycles. The van der Waals surface area contributed by atoms with Crippen molar-refractivity contribution in [3.8, 4) is 0 Å². The summed E-state index contributed by atoms with van der Waals surface area (Å²) in [5.41, 5.74) is 0. The molecule has 2 heterocycles. The van der Waals surface area contributed by atoms with Gasteiger partial charge in [0.25, 0.3) is 5.91 Å². The van der Waals surface area contributed by atoms with Gasteiger partial charge in [-0.2, -0.15) is 0 Å². The summed E-state index contributed by atoms with van der Waals surface area (Å²) in [7, 11) is 0. The number of nitrogens with one attached hydrogen (secondary N) is 2. The molecule has 2 N–H and O–H groups in total. The molecular formula is C9H13N3O2. The highest BCUT2D eigenvalue weighted by atomic mass is 16.5. The van der Waals surface area contributed by atoms with E-state index in [4.69, 9.17) is 4.52 Å². The second-order valence-electron chi connectivity index (χ2n) is 3.37. The lowest BCUT2D eigenvalue weighted by Gasteiger charge is -2.22. The molecule has 1 aliphatic rings. The van der Waals surface area contributed by atoms with Crippen molar-refractivity contribution in [2.24, 2.45) is 0 Å². The third-order valence-electron chi connectivity index (χ3n) is 2.34. The van der Waals surface area contributed by atoms with E-state index in [0.29, 0.717) is 0 Å². The Balaban J connectivity index is 1.87. The maximum Gasteiger partial charge on any atom is 0.290 e. The number of aromatic nitrogens is 1. The van der Waals surface area contributed by atoms with Crippen LogP contribution in [0.2, 0.25) is 0 Å². The molecule has 5 nitrogen and oxygen atoms in total. The third kappa shape index (κ3) is 2.11. The maximum atomic E-state index is 11.5. The van der Waals surface area contributed by atoms with Crippen molar-refractivity contribution in [3.05, 3.63) is 18.0 Å². The predicted octanol–water partition coefficient (Wildman–Crippen LogP) is 0.156. The summed E-state index contributed by atoms with van der Waals surface area (Å²) >= 11 is 0. The fraction of sp³-hybridized carbons (Fsp3) is 0.556. The Labute approximate surface area is 81.8 Å². The van der Waals surface area contributed by atoms with Gasteiger partial charge in [0.05, 0.1) is 6.20 Å². The fourth-order valence-corrected chi connectivity index (χ4v) is 1.56. The standard InChI is InChI=1S/C9H13N3O2/c13-9(8-3-6-11-14-8)12-7-1-4-10-5-2-7/h3,6-7,10H,1-2,4-5H2,(H,12,13). The van der Waals surface area contributed by atoms with E-state index in [0.717, 1.165) is 25.9 Å². The minimum Gasteiger partial charge on any atom is -0.351 e. The Kier molecular flexibility index (Phi) is 2.78. The SMILES string of the molecule is O=C(NC1CCNCC1)c1ccno1. The van der Waals surface area contributed by atoms with Crippen molar-refractivity contribution in [1.82, 2.24) is 15.8 Å². The zero-order valence-corrected chi connectivity index (χ0v) is 7.82. The predicted molar refractivity (Wildman–Crippen MR) is 49.9 cm³/mol. The number of hydrogen-bond acceptors (Lipinski definition) is 4. The van der Waals surface area contributed by atoms with Crippen LogP contribution in [-0.2, 0) is 0 Å². The second-order valence-corrected chi connectivity index (χ2v) is 3.37. The number of carbonyl (C=O) groups excluding carboxylic acids is 1. The number of rotatable bonds is 2. The highest BCUT2D eigenvalue weighted by molar-refractivity contribution is 5.91. The first-order valence-electron chi connectivity index (χ1n) is 4.78. The maximum absolute atomic E-state index is 11.5. The Bertz CT molecular complexity index is 291. The van der Waals surface area contributed by atoms with Gasteiger partial charge in [0.15, 0.2) is 0 Å². The van der Waals surface area contributed by atoms with E-state index in [2.05, 4.69) is 15.8 Å². The van der Waals surface area contributed by atoms with E-state index >= 15 is 0 Å². The topological polar surface area (TPSA) is 67.2 Å². The van der Waals surface area contributed by atoms with Gasteiger partial charge in [-0.05, 0) is 25.9 Å². The van der Waals surface area contributed by atoms with E-state index in [1.165, 1.54) is 6.20 Å². The average Bonchev–Trinajstić information content (AvgIpc) is 2.72. The molecule has 1 amide bonds. The zero-order valence-electron chi connectivity index (χ0n) is 7.82. The van der Waals surface area contributed by atoms with Crippen LogP contribution in [0, 0.1) is 0 Å². The minimum absolute atomic E-state index is 0.172. The fourth-order valence-electron chi connectivity index (χ4n) is 1.56. The molecular weight excluding hydrogens is 182 g/mol. The summed E-state index contributed by atoms with van der Waals surface area (Å²) in [4.78, 5) is 11.5. The van der Waals surface area contributed by atoms with Gasteiger partial charge in [-0.15, -0.1) is 0 Å². The molecule has 76 valence electrons. The van der Waals surface area contributed by atoms with E-state index in [1.54, 1.807) is 6.07 Å². The molecule has 0 spiro atoms. The molecule has 0 aromatic carbocycles. The van der Waals surface area contributed by atoms with E-state index in [9.17, 15) is 4.79 Å². The second kappa shape index (κ2) is 4.23. The van der Waals surface area contributed by atoms with Crippen LogP contribution >= 0.6 is 0 Å². The zero-order chi connectivity index (χ0) is 9.80. The summed E-state index contributed by atoms with van der Waals surface area (Å²) in [6.07, 6.45) is 3.41. The van der Waals surface area contributed by atoms with Gasteiger partial charge in [0.1, 0.15) is 0 Å². The van der Waals surface area contributed by atoms with E-state index < -0.39 is 0 Å². The van der Waals surface area contributed by atoms with Crippen LogP contribution < -0.4 is 10.6 Å². The highest BCUT2D eigenvalue weighted by Crippen LogP contribution is 2.04. The normalized spacial score (nSPS) is 18.0. The van der Waals surface area contributed by atoms with Crippen LogP contribution in [0.3, 0.4) is 0 Å². The monoisotopic (exact) mass is 195 g/mol. The third-order valence-corrected chi connectivity index (χ3v) is 2.34. The summed E-state index contributed by atoms with van der Waals surface area (Å²) < 4.78 is 4.76. The molecule has 0 atom stereocenters. The lowest BCUT2D eigenvalue weighted by molar-refractivity contribution is 0.0892. The number of amides is 1. The van der Waals surface area contributed by atoms with Gasteiger partial charge in [-0.1, -0.05) is 5.16 Å². The quantitative estimate of drug-likeness (QED) is 0.705. The molecule has 0 bridgehead atoms. The first-order chi connectivity index (χ1) is 6.86. The first-order valence-corrected chi connectivity index (χ1v) is 4.78. The molecule has 1 aromatic rings. The largest absolute Gasteiger partial charge is 0.351 e. The highest BCUT2D eigenvalue weighted by Gasteiger charge is 2.17. The van der Waals surface area contributed by atoms with Gasteiger partial charge in [0.2, 0.25) is 5.76 Å². The molecule has 0 unspecified atom stereocenters. The summed E-state index contributed by atoms with van der Waals surface area (Å²) in [5, 5.41) is 9.63. The lowest BCUT2D eigenvalue weighted by atomic mass is 10.1. The van der Waals surface area contributed by atoms with Gasteiger partial charge < -0.3 is 15.2 Å².